The Kier molecular flexibility index (Phi) is 4.38. The van der Waals surface area contributed by atoms with E-state index in [2.05, 4.69) is 20.1 Å². The SMILES string of the molecule is CC(C)(C)c1cc(S(=O)(=O)NCCc2ccnnc2)on1. The lowest BCUT2D eigenvalue weighted by Crippen LogP contribution is -2.25. The molecule has 0 saturated heterocycles. The van der Waals surface area contributed by atoms with Gasteiger partial charge in [0.1, 0.15) is 0 Å². The van der Waals surface area contributed by atoms with Gasteiger partial charge in [0, 0.05) is 24.2 Å². The molecule has 1 N–H and O–H groups in total. The zero-order valence-electron chi connectivity index (χ0n) is 12.2. The average molecular weight is 310 g/mol. The predicted octanol–water partition coefficient (Wildman–Crippen LogP) is 1.28. The largest absolute Gasteiger partial charge is 0.343 e. The molecule has 0 atom stereocenters. The highest BCUT2D eigenvalue weighted by molar-refractivity contribution is 7.89. The van der Waals surface area contributed by atoms with Crippen molar-refractivity contribution >= 4 is 10.0 Å². The van der Waals surface area contributed by atoms with Gasteiger partial charge >= 0.3 is 0 Å². The summed E-state index contributed by atoms with van der Waals surface area (Å²) in [5.74, 6) is 0. The number of hydrogen-bond donors (Lipinski definition) is 1. The summed E-state index contributed by atoms with van der Waals surface area (Å²) in [7, 11) is -3.69. The lowest BCUT2D eigenvalue weighted by molar-refractivity contribution is 0.325. The molecule has 2 heterocycles. The van der Waals surface area contributed by atoms with Crippen LogP contribution in [0.25, 0.3) is 0 Å². The zero-order valence-corrected chi connectivity index (χ0v) is 13.0. The van der Waals surface area contributed by atoms with Gasteiger partial charge in [0.2, 0.25) is 0 Å². The van der Waals surface area contributed by atoms with E-state index in [1.54, 1.807) is 18.5 Å². The van der Waals surface area contributed by atoms with Gasteiger partial charge in [-0.05, 0) is 18.1 Å². The van der Waals surface area contributed by atoms with Crippen LogP contribution < -0.4 is 4.72 Å². The van der Waals surface area contributed by atoms with Crippen molar-refractivity contribution < 1.29 is 12.9 Å². The number of sulfonamides is 1. The van der Waals surface area contributed by atoms with E-state index in [-0.39, 0.29) is 17.1 Å². The van der Waals surface area contributed by atoms with Gasteiger partial charge in [-0.2, -0.15) is 10.2 Å². The molecule has 0 aliphatic carbocycles. The maximum atomic E-state index is 12.1. The van der Waals surface area contributed by atoms with Crippen molar-refractivity contribution in [3.63, 3.8) is 0 Å². The van der Waals surface area contributed by atoms with Crippen LogP contribution >= 0.6 is 0 Å². The molecule has 0 aliphatic rings. The van der Waals surface area contributed by atoms with Crippen molar-refractivity contribution in [2.75, 3.05) is 6.54 Å². The van der Waals surface area contributed by atoms with E-state index in [0.717, 1.165) is 5.56 Å². The number of rotatable bonds is 5. The van der Waals surface area contributed by atoms with E-state index in [9.17, 15) is 8.42 Å². The second-order valence-corrected chi connectivity index (χ2v) is 7.38. The summed E-state index contributed by atoms with van der Waals surface area (Å²) >= 11 is 0. The summed E-state index contributed by atoms with van der Waals surface area (Å²) in [5.41, 5.74) is 1.24. The first-order valence-electron chi connectivity index (χ1n) is 6.51. The highest BCUT2D eigenvalue weighted by atomic mass is 32.2. The smallest absolute Gasteiger partial charge is 0.276 e. The minimum atomic E-state index is -3.69. The summed E-state index contributed by atoms with van der Waals surface area (Å²) in [6.07, 6.45) is 3.69. The van der Waals surface area contributed by atoms with Gasteiger partial charge in [-0.15, -0.1) is 0 Å². The first kappa shape index (κ1) is 15.6. The van der Waals surface area contributed by atoms with Crippen LogP contribution in [-0.4, -0.2) is 30.3 Å². The van der Waals surface area contributed by atoms with E-state index in [4.69, 9.17) is 4.52 Å². The molecule has 2 aromatic heterocycles. The summed E-state index contributed by atoms with van der Waals surface area (Å²) in [6, 6.07) is 3.24. The van der Waals surface area contributed by atoms with E-state index in [1.165, 1.54) is 6.07 Å². The molecule has 21 heavy (non-hydrogen) atoms. The predicted molar refractivity (Wildman–Crippen MR) is 76.1 cm³/mol. The molecule has 0 unspecified atom stereocenters. The standard InChI is InChI=1S/C13H18N4O3S/c1-13(2,3)11-8-12(20-17-11)21(18,19)16-7-5-10-4-6-14-15-9-10/h4,6,8-9,16H,5,7H2,1-3H3. The van der Waals surface area contributed by atoms with Crippen molar-refractivity contribution in [1.29, 1.82) is 0 Å². The molecule has 2 rings (SSSR count). The number of nitrogens with zero attached hydrogens (tertiary/aromatic N) is 3. The fourth-order valence-corrected chi connectivity index (χ4v) is 2.52. The van der Waals surface area contributed by atoms with Crippen LogP contribution in [0, 0.1) is 0 Å². The maximum Gasteiger partial charge on any atom is 0.276 e. The number of nitrogens with one attached hydrogen (secondary N) is 1. The molecule has 0 amide bonds. The van der Waals surface area contributed by atoms with Crippen LogP contribution in [0.2, 0.25) is 0 Å². The normalized spacial score (nSPS) is 12.5. The Morgan fingerprint density at radius 3 is 2.62 bits per heavy atom. The fraction of sp³-hybridized carbons (Fsp3) is 0.462. The Bertz CT molecular complexity index is 690. The topological polar surface area (TPSA) is 98.0 Å². The van der Waals surface area contributed by atoms with Gasteiger partial charge in [0.25, 0.3) is 15.1 Å². The second kappa shape index (κ2) is 5.90. The monoisotopic (exact) mass is 310 g/mol. The van der Waals surface area contributed by atoms with Crippen LogP contribution in [0.15, 0.2) is 34.1 Å². The summed E-state index contributed by atoms with van der Waals surface area (Å²) < 4.78 is 31.6. The van der Waals surface area contributed by atoms with Crippen LogP contribution in [0.4, 0.5) is 0 Å². The third-order valence-electron chi connectivity index (χ3n) is 2.87. The Balaban J connectivity index is 2.00. The Hall–Kier alpha value is -1.80. The van der Waals surface area contributed by atoms with Gasteiger partial charge in [0.15, 0.2) is 0 Å². The average Bonchev–Trinajstić information content (AvgIpc) is 2.90. The third-order valence-corrected chi connectivity index (χ3v) is 4.18. The lowest BCUT2D eigenvalue weighted by Gasteiger charge is -2.12. The minimum Gasteiger partial charge on any atom is -0.343 e. The molecule has 0 spiro atoms. The quantitative estimate of drug-likeness (QED) is 0.893. The van der Waals surface area contributed by atoms with E-state index in [0.29, 0.717) is 12.1 Å². The van der Waals surface area contributed by atoms with E-state index < -0.39 is 10.0 Å². The van der Waals surface area contributed by atoms with Gasteiger partial charge in [0.05, 0.1) is 11.9 Å². The first-order chi connectivity index (χ1) is 9.79. The van der Waals surface area contributed by atoms with Gasteiger partial charge in [-0.1, -0.05) is 25.9 Å². The molecule has 0 saturated carbocycles. The molecule has 0 fully saturated rings. The van der Waals surface area contributed by atoms with Gasteiger partial charge < -0.3 is 4.52 Å². The van der Waals surface area contributed by atoms with Gasteiger partial charge in [-0.3, -0.25) is 0 Å². The van der Waals surface area contributed by atoms with Crippen molar-refractivity contribution in [2.24, 2.45) is 0 Å². The fourth-order valence-electron chi connectivity index (χ4n) is 1.61. The summed E-state index contributed by atoms with van der Waals surface area (Å²) in [6.45, 7) is 6.06. The number of aromatic nitrogens is 3. The van der Waals surface area contributed by atoms with Crippen LogP contribution in [0.5, 0.6) is 0 Å². The zero-order chi connectivity index (χ0) is 15.5. The lowest BCUT2D eigenvalue weighted by atomic mass is 9.93. The van der Waals surface area contributed by atoms with Crippen molar-refractivity contribution in [2.45, 2.75) is 37.7 Å². The Morgan fingerprint density at radius 2 is 2.05 bits per heavy atom. The van der Waals surface area contributed by atoms with Crippen LogP contribution in [0.1, 0.15) is 32.0 Å². The molecule has 2 aromatic rings. The minimum absolute atomic E-state index is 0.166. The van der Waals surface area contributed by atoms with E-state index in [1.807, 2.05) is 20.8 Å². The second-order valence-electron chi connectivity index (χ2n) is 5.68. The number of hydrogen-bond acceptors (Lipinski definition) is 6. The summed E-state index contributed by atoms with van der Waals surface area (Å²) in [5, 5.41) is 11.0. The molecule has 114 valence electrons. The molecule has 8 heteroatoms. The van der Waals surface area contributed by atoms with Gasteiger partial charge in [-0.25, -0.2) is 13.1 Å². The molecular weight excluding hydrogens is 292 g/mol. The molecule has 0 aliphatic heterocycles. The van der Waals surface area contributed by atoms with Crippen molar-refractivity contribution in [1.82, 2.24) is 20.1 Å². The van der Waals surface area contributed by atoms with Crippen LogP contribution in [0.3, 0.4) is 0 Å². The summed E-state index contributed by atoms with van der Waals surface area (Å²) in [4.78, 5) is 0. The molecule has 7 nitrogen and oxygen atoms in total. The Labute approximate surface area is 123 Å². The van der Waals surface area contributed by atoms with Crippen molar-refractivity contribution in [3.8, 4) is 0 Å². The highest BCUT2D eigenvalue weighted by Crippen LogP contribution is 2.23. The third kappa shape index (κ3) is 4.08. The molecule has 0 aromatic carbocycles. The van der Waals surface area contributed by atoms with E-state index >= 15 is 0 Å². The maximum absolute atomic E-state index is 12.1. The molecule has 0 radical (unpaired) electrons. The van der Waals surface area contributed by atoms with Crippen molar-refractivity contribution in [3.05, 3.63) is 35.8 Å². The van der Waals surface area contributed by atoms with Crippen LogP contribution in [-0.2, 0) is 21.9 Å². The first-order valence-corrected chi connectivity index (χ1v) is 8.00. The Morgan fingerprint density at radius 1 is 1.29 bits per heavy atom. The highest BCUT2D eigenvalue weighted by Gasteiger charge is 2.25. The molecule has 0 bridgehead atoms. The molecular formula is C13H18N4O3S.